The highest BCUT2D eigenvalue weighted by Gasteiger charge is 2.24. The van der Waals surface area contributed by atoms with Gasteiger partial charge in [0.05, 0.1) is 18.3 Å². The van der Waals surface area contributed by atoms with Gasteiger partial charge < -0.3 is 19.3 Å². The van der Waals surface area contributed by atoms with E-state index in [0.717, 1.165) is 43.3 Å². The maximum Gasteiger partial charge on any atom is 0.225 e. The Morgan fingerprint density at radius 1 is 1.09 bits per heavy atom. The van der Waals surface area contributed by atoms with Crippen molar-refractivity contribution in [1.29, 1.82) is 0 Å². The van der Waals surface area contributed by atoms with Crippen LogP contribution in [0, 0.1) is 5.92 Å². The van der Waals surface area contributed by atoms with E-state index in [9.17, 15) is 4.79 Å². The normalized spacial score (nSPS) is 13.9. The van der Waals surface area contributed by atoms with Gasteiger partial charge in [0, 0.05) is 50.8 Å². The fourth-order valence-electron chi connectivity index (χ4n) is 3.79. The third kappa shape index (κ3) is 6.70. The Kier molecular flexibility index (Phi) is 9.27. The zero-order valence-corrected chi connectivity index (χ0v) is 21.0. The van der Waals surface area contributed by atoms with E-state index < -0.39 is 0 Å². The monoisotopic (exact) mass is 467 g/mol. The average Bonchev–Trinajstić information content (AvgIpc) is 3.32. The lowest BCUT2D eigenvalue weighted by atomic mass is 10.0. The van der Waals surface area contributed by atoms with Gasteiger partial charge in [-0.15, -0.1) is 0 Å². The van der Waals surface area contributed by atoms with Crippen molar-refractivity contribution in [2.45, 2.75) is 33.6 Å². The van der Waals surface area contributed by atoms with E-state index in [1.165, 1.54) is 10.9 Å². The molecule has 3 aromatic rings. The average molecular weight is 468 g/mol. The Balaban J connectivity index is 0.000000226. The van der Waals surface area contributed by atoms with Gasteiger partial charge in [0.1, 0.15) is 6.61 Å². The molecule has 1 aromatic carbocycles. The number of hydrogen-bond acceptors (Lipinski definition) is 6. The summed E-state index contributed by atoms with van der Waals surface area (Å²) >= 11 is 0. The SMILES string of the molecule is CC(C)c1ccc2[nH]ncc2c1.COCCOc1cccnc1N1CCN(C(=O)C(C)C)CC1. The van der Waals surface area contributed by atoms with Crippen LogP contribution in [0.4, 0.5) is 5.82 Å². The molecule has 1 N–H and O–H groups in total. The van der Waals surface area contributed by atoms with E-state index >= 15 is 0 Å². The number of hydrogen-bond donors (Lipinski definition) is 1. The van der Waals surface area contributed by atoms with Gasteiger partial charge in [0.2, 0.25) is 5.91 Å². The molecule has 0 radical (unpaired) electrons. The number of benzene rings is 1. The molecule has 184 valence electrons. The molecule has 0 saturated carbocycles. The largest absolute Gasteiger partial charge is 0.487 e. The van der Waals surface area contributed by atoms with Crippen molar-refractivity contribution in [3.05, 3.63) is 48.3 Å². The zero-order chi connectivity index (χ0) is 24.5. The van der Waals surface area contributed by atoms with Gasteiger partial charge in [-0.3, -0.25) is 9.89 Å². The van der Waals surface area contributed by atoms with Crippen molar-refractivity contribution in [1.82, 2.24) is 20.1 Å². The number of fused-ring (bicyclic) bond motifs is 1. The number of amides is 1. The number of rotatable bonds is 7. The van der Waals surface area contributed by atoms with E-state index in [0.29, 0.717) is 19.1 Å². The molecule has 1 fully saturated rings. The predicted octanol–water partition coefficient (Wildman–Crippen LogP) is 4.10. The smallest absolute Gasteiger partial charge is 0.225 e. The summed E-state index contributed by atoms with van der Waals surface area (Å²) in [6, 6.07) is 10.2. The minimum atomic E-state index is 0.0503. The van der Waals surface area contributed by atoms with Crippen LogP contribution in [0.25, 0.3) is 10.9 Å². The molecule has 34 heavy (non-hydrogen) atoms. The molecule has 4 rings (SSSR count). The fraction of sp³-hybridized carbons (Fsp3) is 0.500. The molecule has 3 heterocycles. The molecular formula is C26H37N5O3. The molecule has 1 saturated heterocycles. The minimum absolute atomic E-state index is 0.0503. The highest BCUT2D eigenvalue weighted by molar-refractivity contribution is 5.79. The number of carbonyl (C=O) groups excluding carboxylic acids is 1. The quantitative estimate of drug-likeness (QED) is 0.527. The lowest BCUT2D eigenvalue weighted by molar-refractivity contribution is -0.134. The highest BCUT2D eigenvalue weighted by atomic mass is 16.5. The molecule has 1 amide bonds. The van der Waals surface area contributed by atoms with Crippen LogP contribution in [0.5, 0.6) is 5.75 Å². The number of methoxy groups -OCH3 is 1. The van der Waals surface area contributed by atoms with Crippen LogP contribution in [-0.2, 0) is 9.53 Å². The predicted molar refractivity (Wildman–Crippen MR) is 135 cm³/mol. The van der Waals surface area contributed by atoms with Gasteiger partial charge in [-0.05, 0) is 35.7 Å². The van der Waals surface area contributed by atoms with E-state index in [1.54, 1.807) is 13.3 Å². The second-order valence-electron chi connectivity index (χ2n) is 9.00. The summed E-state index contributed by atoms with van der Waals surface area (Å²) in [7, 11) is 1.65. The molecule has 0 aliphatic carbocycles. The molecule has 2 aromatic heterocycles. The van der Waals surface area contributed by atoms with Crippen molar-refractivity contribution in [2.75, 3.05) is 51.4 Å². The topological polar surface area (TPSA) is 83.6 Å². The molecule has 8 heteroatoms. The van der Waals surface area contributed by atoms with Gasteiger partial charge in [0.15, 0.2) is 11.6 Å². The first-order chi connectivity index (χ1) is 16.4. The van der Waals surface area contributed by atoms with Crippen LogP contribution in [0.2, 0.25) is 0 Å². The number of piperazine rings is 1. The van der Waals surface area contributed by atoms with Gasteiger partial charge in [0.25, 0.3) is 0 Å². The number of nitrogens with one attached hydrogen (secondary N) is 1. The van der Waals surface area contributed by atoms with Crippen LogP contribution in [0.3, 0.4) is 0 Å². The molecule has 0 atom stereocenters. The summed E-state index contributed by atoms with van der Waals surface area (Å²) in [5.74, 6) is 2.47. The van der Waals surface area contributed by atoms with E-state index in [4.69, 9.17) is 9.47 Å². The third-order valence-electron chi connectivity index (χ3n) is 5.81. The standard InChI is InChI=1S/C16H25N3O3.C10H12N2/c1-13(2)16(20)19-9-7-18(8-10-19)15-14(5-4-6-17-15)22-12-11-21-3;1-7(2)8-3-4-10-9(5-8)6-11-12-10/h4-6,13H,7-12H2,1-3H3;3-7H,1-2H3,(H,11,12). The van der Waals surface area contributed by atoms with Crippen LogP contribution >= 0.6 is 0 Å². The molecule has 8 nitrogen and oxygen atoms in total. The van der Waals surface area contributed by atoms with Crippen molar-refractivity contribution in [3.63, 3.8) is 0 Å². The van der Waals surface area contributed by atoms with Gasteiger partial charge in [-0.25, -0.2) is 4.98 Å². The maximum atomic E-state index is 12.0. The number of carbonyl (C=O) groups is 1. The first-order valence-corrected chi connectivity index (χ1v) is 11.9. The lowest BCUT2D eigenvalue weighted by Gasteiger charge is -2.36. The Morgan fingerprint density at radius 3 is 2.53 bits per heavy atom. The molecule has 0 unspecified atom stereocenters. The summed E-state index contributed by atoms with van der Waals surface area (Å²) < 4.78 is 10.7. The van der Waals surface area contributed by atoms with E-state index in [-0.39, 0.29) is 11.8 Å². The van der Waals surface area contributed by atoms with Crippen LogP contribution in [-0.4, -0.2) is 72.5 Å². The minimum Gasteiger partial charge on any atom is -0.487 e. The van der Waals surface area contributed by atoms with Crippen LogP contribution < -0.4 is 9.64 Å². The zero-order valence-electron chi connectivity index (χ0n) is 21.0. The molecule has 1 aliphatic rings. The second-order valence-corrected chi connectivity index (χ2v) is 9.00. The van der Waals surface area contributed by atoms with Crippen molar-refractivity contribution < 1.29 is 14.3 Å². The number of pyridine rings is 1. The van der Waals surface area contributed by atoms with Gasteiger partial charge >= 0.3 is 0 Å². The van der Waals surface area contributed by atoms with Crippen molar-refractivity contribution in [3.8, 4) is 5.75 Å². The Hall–Kier alpha value is -3.13. The van der Waals surface area contributed by atoms with E-state index in [1.807, 2.05) is 37.1 Å². The van der Waals surface area contributed by atoms with Gasteiger partial charge in [-0.2, -0.15) is 5.10 Å². The number of H-pyrrole nitrogens is 1. The Morgan fingerprint density at radius 2 is 1.85 bits per heavy atom. The lowest BCUT2D eigenvalue weighted by Crippen LogP contribution is -2.50. The number of aromatic nitrogens is 3. The fourth-order valence-corrected chi connectivity index (χ4v) is 3.79. The molecule has 0 spiro atoms. The molecular weight excluding hydrogens is 430 g/mol. The summed E-state index contributed by atoms with van der Waals surface area (Å²) in [6.07, 6.45) is 3.63. The summed E-state index contributed by atoms with van der Waals surface area (Å²) in [4.78, 5) is 20.6. The summed E-state index contributed by atoms with van der Waals surface area (Å²) in [6.45, 7) is 12.3. The maximum absolute atomic E-state index is 12.0. The van der Waals surface area contributed by atoms with Crippen molar-refractivity contribution in [2.24, 2.45) is 5.92 Å². The summed E-state index contributed by atoms with van der Waals surface area (Å²) in [5.41, 5.74) is 2.48. The first kappa shape index (κ1) is 25.5. The van der Waals surface area contributed by atoms with Crippen LogP contribution in [0.1, 0.15) is 39.2 Å². The van der Waals surface area contributed by atoms with Crippen LogP contribution in [0.15, 0.2) is 42.7 Å². The molecule has 1 aliphatic heterocycles. The number of anilines is 1. The first-order valence-electron chi connectivity index (χ1n) is 11.9. The summed E-state index contributed by atoms with van der Waals surface area (Å²) in [5, 5.41) is 8.11. The van der Waals surface area contributed by atoms with E-state index in [2.05, 4.69) is 52.1 Å². The third-order valence-corrected chi connectivity index (χ3v) is 5.81. The Bertz CT molecular complexity index is 1040. The second kappa shape index (κ2) is 12.4. The Labute approximate surface area is 202 Å². The number of ether oxygens (including phenoxy) is 2. The van der Waals surface area contributed by atoms with Gasteiger partial charge in [-0.1, -0.05) is 33.8 Å². The van der Waals surface area contributed by atoms with Crippen molar-refractivity contribution >= 4 is 22.6 Å². The molecule has 0 bridgehead atoms. The highest BCUT2D eigenvalue weighted by Crippen LogP contribution is 2.26. The number of nitrogens with zero attached hydrogens (tertiary/aromatic N) is 4. The number of aromatic amines is 1.